The molecule has 0 fully saturated rings. The Bertz CT molecular complexity index is 1890. The van der Waals surface area contributed by atoms with E-state index in [1.165, 1.54) is 17.2 Å². The van der Waals surface area contributed by atoms with E-state index >= 15 is 0 Å². The Kier molecular flexibility index (Phi) is 7.54. The number of tetrazole rings is 1. The number of hydrogen-bond donors (Lipinski definition) is 1. The van der Waals surface area contributed by atoms with Gasteiger partial charge in [-0.2, -0.15) is 14.5 Å². The van der Waals surface area contributed by atoms with Gasteiger partial charge in [-0.25, -0.2) is 4.79 Å². The zero-order valence-corrected chi connectivity index (χ0v) is 23.5. The summed E-state index contributed by atoms with van der Waals surface area (Å²) >= 11 is 6.32. The minimum Gasteiger partial charge on any atom is -0.618 e. The monoisotopic (exact) mass is 593 g/mol. The molecule has 6 rings (SSSR count). The van der Waals surface area contributed by atoms with Crippen LogP contribution in [0.25, 0.3) is 27.9 Å². The third-order valence-electron chi connectivity index (χ3n) is 7.13. The largest absolute Gasteiger partial charge is 0.618 e. The number of hydrogen-bond acceptors (Lipinski definition) is 7. The van der Waals surface area contributed by atoms with Crippen molar-refractivity contribution in [3.05, 3.63) is 131 Å². The maximum Gasteiger partial charge on any atom is 0.335 e. The second-order valence-electron chi connectivity index (χ2n) is 9.74. The van der Waals surface area contributed by atoms with Gasteiger partial charge in [-0.05, 0) is 70.1 Å². The molecule has 0 aliphatic rings. The van der Waals surface area contributed by atoms with Gasteiger partial charge >= 0.3 is 5.97 Å². The fraction of sp³-hybridized carbons (Fsp3) is 0.0968. The maximum absolute atomic E-state index is 13.7. The Labute approximate surface area is 250 Å². The first-order valence-corrected chi connectivity index (χ1v) is 13.5. The second-order valence-corrected chi connectivity index (χ2v) is 10.2. The number of ether oxygens (including phenoxy) is 1. The zero-order valence-electron chi connectivity index (χ0n) is 22.8. The molecule has 1 atom stereocenters. The van der Waals surface area contributed by atoms with Crippen molar-refractivity contribution in [3.63, 3.8) is 0 Å². The van der Waals surface area contributed by atoms with Crippen LogP contribution in [0.3, 0.4) is 0 Å². The van der Waals surface area contributed by atoms with Crippen LogP contribution in [0.5, 0.6) is 5.75 Å². The number of carbonyl (C=O) groups is 1. The topological polar surface area (TPSA) is 135 Å². The second kappa shape index (κ2) is 11.7. The lowest BCUT2D eigenvalue weighted by atomic mass is 10.0. The SMILES string of the molecule is COc1ccc(CC(c2ccc(-c3cc(Cl)ccc3-n3cnnn3)c[n+]2[O-])n2cc(-c3ccc(C(=O)O)cc3)cn2)cc1. The number of halogens is 1. The highest BCUT2D eigenvalue weighted by molar-refractivity contribution is 6.31. The third-order valence-corrected chi connectivity index (χ3v) is 7.36. The van der Waals surface area contributed by atoms with Gasteiger partial charge in [0.05, 0.1) is 24.6 Å². The summed E-state index contributed by atoms with van der Waals surface area (Å²) in [6, 6.07) is 22.7. The molecular formula is C31H24ClN7O4. The highest BCUT2D eigenvalue weighted by Crippen LogP contribution is 2.31. The summed E-state index contributed by atoms with van der Waals surface area (Å²) in [4.78, 5) is 11.3. The number of nitrogens with zero attached hydrogens (tertiary/aromatic N) is 7. The van der Waals surface area contributed by atoms with E-state index in [1.807, 2.05) is 36.5 Å². The van der Waals surface area contributed by atoms with E-state index in [2.05, 4.69) is 20.6 Å². The van der Waals surface area contributed by atoms with E-state index in [0.29, 0.717) is 34.0 Å². The zero-order chi connectivity index (χ0) is 29.9. The molecule has 0 amide bonds. The number of benzene rings is 3. The van der Waals surface area contributed by atoms with Gasteiger partial charge in [0, 0.05) is 40.4 Å². The lowest BCUT2D eigenvalue weighted by Gasteiger charge is -2.18. The lowest BCUT2D eigenvalue weighted by molar-refractivity contribution is -0.615. The van der Waals surface area contributed by atoms with Gasteiger partial charge in [0.15, 0.2) is 6.20 Å². The number of methoxy groups -OCH3 is 1. The van der Waals surface area contributed by atoms with Gasteiger partial charge in [0.1, 0.15) is 18.1 Å². The summed E-state index contributed by atoms with van der Waals surface area (Å²) < 4.78 is 9.41. The van der Waals surface area contributed by atoms with Crippen LogP contribution in [0.15, 0.2) is 104 Å². The molecule has 0 bridgehead atoms. The van der Waals surface area contributed by atoms with Crippen molar-refractivity contribution in [2.75, 3.05) is 7.11 Å². The molecule has 43 heavy (non-hydrogen) atoms. The molecule has 6 aromatic rings. The smallest absolute Gasteiger partial charge is 0.335 e. The molecule has 1 unspecified atom stereocenters. The molecule has 214 valence electrons. The van der Waals surface area contributed by atoms with Crippen LogP contribution in [-0.2, 0) is 6.42 Å². The van der Waals surface area contributed by atoms with Crippen LogP contribution in [0, 0.1) is 5.21 Å². The minimum atomic E-state index is -0.993. The van der Waals surface area contributed by atoms with E-state index in [-0.39, 0.29) is 5.56 Å². The Balaban J connectivity index is 1.39. The predicted molar refractivity (Wildman–Crippen MR) is 158 cm³/mol. The molecule has 1 N–H and O–H groups in total. The van der Waals surface area contributed by atoms with Crippen molar-refractivity contribution in [2.45, 2.75) is 12.5 Å². The van der Waals surface area contributed by atoms with Gasteiger partial charge in [0.2, 0.25) is 5.69 Å². The van der Waals surface area contributed by atoms with E-state index < -0.39 is 12.0 Å². The van der Waals surface area contributed by atoms with Crippen LogP contribution in [0.1, 0.15) is 27.7 Å². The fourth-order valence-electron chi connectivity index (χ4n) is 4.90. The number of aromatic nitrogens is 7. The first-order valence-electron chi connectivity index (χ1n) is 13.2. The molecule has 12 heteroatoms. The predicted octanol–water partition coefficient (Wildman–Crippen LogP) is 5.02. The fourth-order valence-corrected chi connectivity index (χ4v) is 5.07. The van der Waals surface area contributed by atoms with Crippen molar-refractivity contribution < 1.29 is 19.4 Å². The van der Waals surface area contributed by atoms with Gasteiger partial charge in [-0.3, -0.25) is 4.68 Å². The van der Waals surface area contributed by atoms with E-state index in [0.717, 1.165) is 27.2 Å². The summed E-state index contributed by atoms with van der Waals surface area (Å²) in [5.41, 5.74) is 5.24. The summed E-state index contributed by atoms with van der Waals surface area (Å²) in [7, 11) is 1.61. The highest BCUT2D eigenvalue weighted by Gasteiger charge is 2.25. The lowest BCUT2D eigenvalue weighted by Crippen LogP contribution is -2.36. The Morgan fingerprint density at radius 3 is 2.47 bits per heavy atom. The molecular weight excluding hydrogens is 570 g/mol. The number of carboxylic acids is 1. The van der Waals surface area contributed by atoms with E-state index in [4.69, 9.17) is 16.3 Å². The number of rotatable bonds is 9. The minimum absolute atomic E-state index is 0.198. The first-order chi connectivity index (χ1) is 20.9. The van der Waals surface area contributed by atoms with Crippen LogP contribution in [0.4, 0.5) is 0 Å². The summed E-state index contributed by atoms with van der Waals surface area (Å²) in [6.45, 7) is 0. The van der Waals surface area contributed by atoms with Gasteiger partial charge in [-0.15, -0.1) is 5.10 Å². The first kappa shape index (κ1) is 27.6. The summed E-state index contributed by atoms with van der Waals surface area (Å²) in [5.74, 6) is -0.261. The van der Waals surface area contributed by atoms with Crippen molar-refractivity contribution in [1.82, 2.24) is 30.0 Å². The summed E-state index contributed by atoms with van der Waals surface area (Å²) in [6.07, 6.45) is 7.00. The van der Waals surface area contributed by atoms with Crippen molar-refractivity contribution in [2.24, 2.45) is 0 Å². The van der Waals surface area contributed by atoms with Crippen molar-refractivity contribution >= 4 is 17.6 Å². The summed E-state index contributed by atoms with van der Waals surface area (Å²) in [5, 5.41) is 39.5. The molecule has 0 aliphatic carbocycles. The third kappa shape index (κ3) is 5.79. The van der Waals surface area contributed by atoms with Crippen molar-refractivity contribution in [3.8, 4) is 33.7 Å². The molecule has 0 saturated heterocycles. The average Bonchev–Trinajstić information content (AvgIpc) is 3.74. The normalized spacial score (nSPS) is 11.8. The number of carboxylic acid groups (broad SMARTS) is 1. The highest BCUT2D eigenvalue weighted by atomic mass is 35.5. The van der Waals surface area contributed by atoms with Crippen LogP contribution < -0.4 is 9.47 Å². The van der Waals surface area contributed by atoms with Gasteiger partial charge in [0.25, 0.3) is 0 Å². The molecule has 3 aromatic heterocycles. The standard InChI is InChI=1S/C31H24ClN7O4/c1-43-26-10-2-20(3-11-26)14-30(37-17-24(16-34-37)21-4-6-22(7-5-21)31(40)41)29-12-8-23(18-39(29)42)27-15-25(32)9-13-28(27)38-19-33-35-36-38/h2-13,15-19,30H,14H2,1H3,(H,40,41). The average molecular weight is 594 g/mol. The Morgan fingerprint density at radius 2 is 1.79 bits per heavy atom. The molecule has 3 heterocycles. The molecule has 0 spiro atoms. The van der Waals surface area contributed by atoms with Crippen molar-refractivity contribution in [1.29, 1.82) is 0 Å². The maximum atomic E-state index is 13.7. The van der Waals surface area contributed by atoms with Crippen LogP contribution >= 0.6 is 11.6 Å². The molecule has 0 aliphatic heterocycles. The molecule has 11 nitrogen and oxygen atoms in total. The molecule has 3 aromatic carbocycles. The van der Waals surface area contributed by atoms with E-state index in [9.17, 15) is 15.1 Å². The molecule has 0 radical (unpaired) electrons. The van der Waals surface area contributed by atoms with Crippen LogP contribution in [0.2, 0.25) is 5.02 Å². The Hall–Kier alpha value is -5.55. The van der Waals surface area contributed by atoms with Crippen LogP contribution in [-0.4, -0.2) is 48.2 Å². The van der Waals surface area contributed by atoms with Gasteiger partial charge < -0.3 is 15.1 Å². The number of pyridine rings is 1. The molecule has 0 saturated carbocycles. The van der Waals surface area contributed by atoms with E-state index in [1.54, 1.807) is 66.5 Å². The van der Waals surface area contributed by atoms with Gasteiger partial charge in [-0.1, -0.05) is 35.9 Å². The quantitative estimate of drug-likeness (QED) is 0.182. The number of aromatic carboxylic acids is 1. The Morgan fingerprint density at radius 1 is 1.02 bits per heavy atom.